The van der Waals surface area contributed by atoms with Gasteiger partial charge in [-0.25, -0.2) is 0 Å². The normalized spacial score (nSPS) is 21.5. The van der Waals surface area contributed by atoms with Gasteiger partial charge < -0.3 is 10.6 Å². The fraction of sp³-hybridized carbons (Fsp3) is 0.714. The monoisotopic (exact) mass is 280 g/mol. The Morgan fingerprint density at radius 2 is 2.26 bits per heavy atom. The molecule has 0 aromatic carbocycles. The molecular formula is C14H24N4S. The minimum absolute atomic E-state index is 0.629. The molecule has 0 unspecified atom stereocenters. The van der Waals surface area contributed by atoms with E-state index >= 15 is 0 Å². The average Bonchev–Trinajstić information content (AvgIpc) is 2.49. The lowest BCUT2D eigenvalue weighted by atomic mass is 9.87. The van der Waals surface area contributed by atoms with Crippen molar-refractivity contribution in [2.45, 2.75) is 38.5 Å². The first-order valence-electron chi connectivity index (χ1n) is 7.21. The standard InChI is InChI=1S/C14H24N4S/c1-15-13(12-6-3-2-4-7-12)10-19-11-18-14-16-8-5-9-17-14/h10,12H,1-9,11H2,(H2,16,17,18)/b13-10-. The Labute approximate surface area is 120 Å². The summed E-state index contributed by atoms with van der Waals surface area (Å²) in [4.78, 5) is 8.59. The highest BCUT2D eigenvalue weighted by Gasteiger charge is 2.16. The summed E-state index contributed by atoms with van der Waals surface area (Å²) in [6, 6.07) is 0. The lowest BCUT2D eigenvalue weighted by Gasteiger charge is -2.21. The number of nitrogens with zero attached hydrogens (tertiary/aromatic N) is 2. The quantitative estimate of drug-likeness (QED) is 0.462. The molecule has 4 nitrogen and oxygen atoms in total. The third kappa shape index (κ3) is 4.90. The average molecular weight is 280 g/mol. The summed E-state index contributed by atoms with van der Waals surface area (Å²) < 4.78 is 0. The molecule has 1 heterocycles. The number of thioether (sulfide) groups is 1. The molecule has 1 fully saturated rings. The van der Waals surface area contributed by atoms with E-state index in [-0.39, 0.29) is 0 Å². The molecule has 1 saturated carbocycles. The third-order valence-corrected chi connectivity index (χ3v) is 4.35. The Hall–Kier alpha value is -0.970. The third-order valence-electron chi connectivity index (χ3n) is 3.63. The van der Waals surface area contributed by atoms with Crippen LogP contribution >= 0.6 is 11.8 Å². The first-order valence-corrected chi connectivity index (χ1v) is 8.25. The van der Waals surface area contributed by atoms with Gasteiger partial charge in [0.25, 0.3) is 0 Å². The van der Waals surface area contributed by atoms with Gasteiger partial charge in [0.2, 0.25) is 0 Å². The lowest BCUT2D eigenvalue weighted by molar-refractivity contribution is 0.401. The molecule has 19 heavy (non-hydrogen) atoms. The SMILES string of the molecule is C=N/C(=C\SCNC1=NCCCN1)C1CCCCC1. The number of aliphatic imine (C=N–C) groups is 2. The van der Waals surface area contributed by atoms with E-state index < -0.39 is 0 Å². The molecule has 0 radical (unpaired) electrons. The predicted octanol–water partition coefficient (Wildman–Crippen LogP) is 2.74. The summed E-state index contributed by atoms with van der Waals surface area (Å²) in [5.41, 5.74) is 1.17. The molecule has 0 aromatic heterocycles. The summed E-state index contributed by atoms with van der Waals surface area (Å²) in [5.74, 6) is 2.39. The first kappa shape index (κ1) is 14.4. The molecular weight excluding hydrogens is 256 g/mol. The van der Waals surface area contributed by atoms with Gasteiger partial charge in [0.05, 0.1) is 5.88 Å². The topological polar surface area (TPSA) is 48.8 Å². The van der Waals surface area contributed by atoms with Crippen molar-refractivity contribution < 1.29 is 0 Å². The van der Waals surface area contributed by atoms with Crippen LogP contribution in [0.3, 0.4) is 0 Å². The van der Waals surface area contributed by atoms with Crippen LogP contribution in [0.2, 0.25) is 0 Å². The molecule has 0 atom stereocenters. The molecule has 2 aliphatic rings. The fourth-order valence-electron chi connectivity index (χ4n) is 2.55. The van der Waals surface area contributed by atoms with Crippen LogP contribution in [0, 0.1) is 5.92 Å². The largest absolute Gasteiger partial charge is 0.356 e. The minimum atomic E-state index is 0.629. The van der Waals surface area contributed by atoms with Crippen molar-refractivity contribution in [3.05, 3.63) is 11.1 Å². The van der Waals surface area contributed by atoms with Gasteiger partial charge >= 0.3 is 0 Å². The molecule has 0 bridgehead atoms. The Balaban J connectivity index is 1.72. The Kier molecular flexibility index (Phi) is 6.27. The summed E-state index contributed by atoms with van der Waals surface area (Å²) in [6.07, 6.45) is 7.72. The second-order valence-electron chi connectivity index (χ2n) is 5.03. The number of guanidine groups is 1. The first-order chi connectivity index (χ1) is 9.40. The van der Waals surface area contributed by atoms with Gasteiger partial charge in [-0.3, -0.25) is 9.98 Å². The fourth-order valence-corrected chi connectivity index (χ4v) is 3.29. The van der Waals surface area contributed by atoms with Crippen LogP contribution < -0.4 is 10.6 Å². The number of rotatable bonds is 5. The molecule has 0 spiro atoms. The predicted molar refractivity (Wildman–Crippen MR) is 84.7 cm³/mol. The van der Waals surface area contributed by atoms with Gasteiger partial charge in [-0.2, -0.15) is 0 Å². The van der Waals surface area contributed by atoms with E-state index in [1.807, 2.05) is 0 Å². The van der Waals surface area contributed by atoms with E-state index in [9.17, 15) is 0 Å². The summed E-state index contributed by atoms with van der Waals surface area (Å²) in [6.45, 7) is 5.67. The van der Waals surface area contributed by atoms with Crippen LogP contribution in [0.1, 0.15) is 38.5 Å². The zero-order chi connectivity index (χ0) is 13.3. The van der Waals surface area contributed by atoms with Crippen molar-refractivity contribution in [3.63, 3.8) is 0 Å². The minimum Gasteiger partial charge on any atom is -0.356 e. The molecule has 2 rings (SSSR count). The van der Waals surface area contributed by atoms with Gasteiger partial charge in [0.1, 0.15) is 0 Å². The Morgan fingerprint density at radius 1 is 1.42 bits per heavy atom. The van der Waals surface area contributed by atoms with Crippen LogP contribution in [-0.4, -0.2) is 31.6 Å². The molecule has 0 saturated heterocycles. The summed E-state index contributed by atoms with van der Waals surface area (Å²) >= 11 is 1.75. The van der Waals surface area contributed by atoms with E-state index in [1.165, 1.54) is 37.8 Å². The van der Waals surface area contributed by atoms with Crippen molar-refractivity contribution in [1.82, 2.24) is 10.6 Å². The van der Waals surface area contributed by atoms with Gasteiger partial charge in [-0.15, -0.1) is 11.8 Å². The van der Waals surface area contributed by atoms with Gasteiger partial charge in [0, 0.05) is 24.7 Å². The van der Waals surface area contributed by atoms with Crippen molar-refractivity contribution in [3.8, 4) is 0 Å². The summed E-state index contributed by atoms with van der Waals surface area (Å²) in [7, 11) is 0. The van der Waals surface area contributed by atoms with E-state index in [0.29, 0.717) is 5.92 Å². The maximum absolute atomic E-state index is 4.38. The highest BCUT2D eigenvalue weighted by atomic mass is 32.2. The van der Waals surface area contributed by atoms with E-state index in [2.05, 4.69) is 32.7 Å². The zero-order valence-corrected chi connectivity index (χ0v) is 12.3. The Bertz CT molecular complexity index is 345. The lowest BCUT2D eigenvalue weighted by Crippen LogP contribution is -2.40. The van der Waals surface area contributed by atoms with E-state index in [1.54, 1.807) is 11.8 Å². The number of allylic oxidation sites excluding steroid dienone is 1. The second-order valence-corrected chi connectivity index (χ2v) is 5.89. The maximum Gasteiger partial charge on any atom is 0.191 e. The van der Waals surface area contributed by atoms with Crippen LogP contribution in [0.5, 0.6) is 0 Å². The molecule has 0 aromatic rings. The maximum atomic E-state index is 4.38. The zero-order valence-electron chi connectivity index (χ0n) is 11.5. The highest BCUT2D eigenvalue weighted by Crippen LogP contribution is 2.31. The van der Waals surface area contributed by atoms with Gasteiger partial charge in [-0.05, 0) is 31.4 Å². The van der Waals surface area contributed by atoms with Crippen molar-refractivity contribution in [2.24, 2.45) is 15.9 Å². The summed E-state index contributed by atoms with van der Waals surface area (Å²) in [5, 5.41) is 8.72. The van der Waals surface area contributed by atoms with Crippen LogP contribution in [0.4, 0.5) is 0 Å². The van der Waals surface area contributed by atoms with Crippen LogP contribution in [0.15, 0.2) is 21.1 Å². The molecule has 1 aliphatic heterocycles. The van der Waals surface area contributed by atoms with Crippen LogP contribution in [0.25, 0.3) is 0 Å². The number of hydrogen-bond acceptors (Lipinski definition) is 5. The molecule has 0 amide bonds. The number of nitrogens with one attached hydrogen (secondary N) is 2. The van der Waals surface area contributed by atoms with Crippen molar-refractivity contribution in [2.75, 3.05) is 19.0 Å². The smallest absolute Gasteiger partial charge is 0.191 e. The molecule has 5 heteroatoms. The van der Waals surface area contributed by atoms with Crippen LogP contribution in [-0.2, 0) is 0 Å². The molecule has 106 valence electrons. The van der Waals surface area contributed by atoms with Crippen molar-refractivity contribution in [1.29, 1.82) is 0 Å². The van der Waals surface area contributed by atoms with Gasteiger partial charge in [-0.1, -0.05) is 19.3 Å². The van der Waals surface area contributed by atoms with E-state index in [0.717, 1.165) is 31.3 Å². The van der Waals surface area contributed by atoms with Gasteiger partial charge in [0.15, 0.2) is 5.96 Å². The molecule has 1 aliphatic carbocycles. The number of hydrogen-bond donors (Lipinski definition) is 2. The van der Waals surface area contributed by atoms with Crippen molar-refractivity contribution >= 4 is 24.4 Å². The second kappa shape index (κ2) is 8.25. The van der Waals surface area contributed by atoms with E-state index in [4.69, 9.17) is 0 Å². The highest BCUT2D eigenvalue weighted by molar-refractivity contribution is 8.02. The Morgan fingerprint density at radius 3 is 2.95 bits per heavy atom. The molecule has 2 N–H and O–H groups in total.